The Hall–Kier alpha value is -3.61. The highest BCUT2D eigenvalue weighted by Crippen LogP contribution is 2.35. The third-order valence-corrected chi connectivity index (χ3v) is 11.0. The van der Waals surface area contributed by atoms with Gasteiger partial charge in [-0.1, -0.05) is 72.4 Å². The molecule has 5 aliphatic rings. The SMILES string of the molecule is CO[C@@H]1[C@H](O[C@@H]2CO[C@@H](O[C@@H]3[C@@H](O)[C@H](O)CO[C@@H]3N3C(=O)/C(=C(O)/C=C/C=C/C=C/C=C/C=C(Cl)/C=C\C=C\[C@@H]4O[C@H](C)C[C@@H]4Cl)C(=O)[C@@H]3CC(N)=O)[C@@H](O)[C@H]2O)O[C@H](O)[C@H]1O. The Bertz CT molecular complexity index is 1830. The summed E-state index contributed by atoms with van der Waals surface area (Å²) in [6.07, 6.45) is 1.73. The van der Waals surface area contributed by atoms with Crippen molar-refractivity contribution in [3.63, 3.8) is 0 Å². The van der Waals surface area contributed by atoms with Crippen LogP contribution in [0.1, 0.15) is 19.8 Å². The fourth-order valence-electron chi connectivity index (χ4n) is 7.16. The fourth-order valence-corrected chi connectivity index (χ4v) is 7.70. The number of nitrogens with zero attached hydrogens (tertiary/aromatic N) is 1. The Morgan fingerprint density at radius 2 is 1.52 bits per heavy atom. The summed E-state index contributed by atoms with van der Waals surface area (Å²) < 4.78 is 38.6. The van der Waals surface area contributed by atoms with Gasteiger partial charge in [0, 0.05) is 12.1 Å². The van der Waals surface area contributed by atoms with Gasteiger partial charge >= 0.3 is 0 Å². The van der Waals surface area contributed by atoms with Gasteiger partial charge in [-0.05, 0) is 31.6 Å². The van der Waals surface area contributed by atoms with Gasteiger partial charge in [-0.15, -0.1) is 11.6 Å². The van der Waals surface area contributed by atoms with E-state index in [2.05, 4.69) is 0 Å². The van der Waals surface area contributed by atoms with Crippen LogP contribution in [-0.4, -0.2) is 176 Å². The van der Waals surface area contributed by atoms with Gasteiger partial charge in [0.05, 0.1) is 37.2 Å². The van der Waals surface area contributed by atoms with Crippen LogP contribution in [0.2, 0.25) is 0 Å². The number of ether oxygens (including phenoxy) is 7. The number of halogens is 2. The number of hydrogen-bond donors (Lipinski definition) is 8. The fraction of sp³-hybridized carbons (Fsp3) is 0.537. The maximum atomic E-state index is 13.9. The molecule has 5 heterocycles. The van der Waals surface area contributed by atoms with Crippen molar-refractivity contribution >= 4 is 40.8 Å². The summed E-state index contributed by atoms with van der Waals surface area (Å²) in [5.41, 5.74) is 4.69. The lowest BCUT2D eigenvalue weighted by Gasteiger charge is -2.46. The maximum absolute atomic E-state index is 13.9. The summed E-state index contributed by atoms with van der Waals surface area (Å²) >= 11 is 12.5. The van der Waals surface area contributed by atoms with Crippen LogP contribution in [0.4, 0.5) is 0 Å². The Kier molecular flexibility index (Phi) is 18.2. The van der Waals surface area contributed by atoms with E-state index < -0.39 is 129 Å². The van der Waals surface area contributed by atoms with Crippen molar-refractivity contribution in [2.75, 3.05) is 20.3 Å². The van der Waals surface area contributed by atoms with Crippen molar-refractivity contribution in [1.82, 2.24) is 4.90 Å². The molecule has 0 aromatic rings. The third kappa shape index (κ3) is 12.1. The summed E-state index contributed by atoms with van der Waals surface area (Å²) in [4.78, 5) is 40.4. The molecule has 342 valence electrons. The van der Waals surface area contributed by atoms with Crippen LogP contribution in [-0.2, 0) is 47.5 Å². The molecule has 0 unspecified atom stereocenters. The molecule has 0 radical (unpaired) electrons. The van der Waals surface area contributed by atoms with Gasteiger partial charge < -0.3 is 74.6 Å². The number of rotatable bonds is 16. The highest BCUT2D eigenvalue weighted by molar-refractivity contribution is 6.31. The van der Waals surface area contributed by atoms with E-state index in [4.69, 9.17) is 62.1 Å². The highest BCUT2D eigenvalue weighted by atomic mass is 35.5. The number of allylic oxidation sites excluding steroid dienone is 13. The van der Waals surface area contributed by atoms with Crippen LogP contribution in [0.3, 0.4) is 0 Å². The predicted molar refractivity (Wildman–Crippen MR) is 217 cm³/mol. The zero-order chi connectivity index (χ0) is 45.2. The first kappa shape index (κ1) is 49.4. The van der Waals surface area contributed by atoms with E-state index in [1.807, 2.05) is 19.1 Å². The quantitative estimate of drug-likeness (QED) is 0.0324. The van der Waals surface area contributed by atoms with Gasteiger partial charge in [-0.25, -0.2) is 0 Å². The van der Waals surface area contributed by atoms with Crippen molar-refractivity contribution < 1.29 is 83.3 Å². The predicted octanol–water partition coefficient (Wildman–Crippen LogP) is -0.324. The first-order valence-corrected chi connectivity index (χ1v) is 20.4. The van der Waals surface area contributed by atoms with Gasteiger partial charge in [0.25, 0.3) is 5.91 Å². The number of hydrogen-bond acceptors (Lipinski definition) is 17. The van der Waals surface area contributed by atoms with Crippen LogP contribution in [0.15, 0.2) is 95.4 Å². The smallest absolute Gasteiger partial charge is 0.264 e. The summed E-state index contributed by atoms with van der Waals surface area (Å²) in [5, 5.41) is 74.6. The molecule has 62 heavy (non-hydrogen) atoms. The average molecular weight is 916 g/mol. The molecule has 5 saturated heterocycles. The van der Waals surface area contributed by atoms with Gasteiger partial charge in [0.15, 0.2) is 30.9 Å². The molecule has 0 bridgehead atoms. The topological polar surface area (TPSA) is 287 Å². The second-order valence-corrected chi connectivity index (χ2v) is 15.8. The minimum absolute atomic E-state index is 0.0686. The molecule has 19 nitrogen and oxygen atoms in total. The number of aliphatic hydroxyl groups is 7. The number of methoxy groups -OCH3 is 1. The van der Waals surface area contributed by atoms with E-state index in [0.29, 0.717) is 5.03 Å². The Balaban J connectivity index is 1.22. The largest absolute Gasteiger partial charge is 0.507 e. The number of carbonyl (C=O) groups excluding carboxylic acids is 3. The van der Waals surface area contributed by atoms with E-state index >= 15 is 0 Å². The average Bonchev–Trinajstić information content (AvgIpc) is 3.79. The van der Waals surface area contributed by atoms with Crippen LogP contribution in [0, 0.1) is 0 Å². The number of aliphatic hydroxyl groups excluding tert-OH is 7. The second kappa shape index (κ2) is 22.8. The number of alkyl halides is 1. The number of likely N-dealkylation sites (tertiary alicyclic amines) is 1. The summed E-state index contributed by atoms with van der Waals surface area (Å²) in [5.74, 6) is -3.91. The van der Waals surface area contributed by atoms with Crippen LogP contribution < -0.4 is 5.73 Å². The summed E-state index contributed by atoms with van der Waals surface area (Å²) in [7, 11) is 1.23. The number of Topliss-reactive ketones (excluding diaryl/α,β-unsaturated/α-hetero) is 1. The van der Waals surface area contributed by atoms with Crippen LogP contribution >= 0.6 is 23.2 Å². The number of ketones is 1. The lowest BCUT2D eigenvalue weighted by atomic mass is 10.0. The monoisotopic (exact) mass is 914 g/mol. The molecule has 2 amide bonds. The van der Waals surface area contributed by atoms with Crippen molar-refractivity contribution in [3.05, 3.63) is 95.4 Å². The van der Waals surface area contributed by atoms with Gasteiger partial charge in [-0.2, -0.15) is 0 Å². The summed E-state index contributed by atoms with van der Waals surface area (Å²) in [6.45, 7) is 0.904. The molecule has 5 rings (SSSR count). The van der Waals surface area contributed by atoms with Crippen molar-refractivity contribution in [2.24, 2.45) is 5.73 Å². The zero-order valence-electron chi connectivity index (χ0n) is 33.6. The lowest BCUT2D eigenvalue weighted by Crippen LogP contribution is -2.65. The number of carbonyl (C=O) groups is 3. The molecule has 0 aliphatic carbocycles. The lowest BCUT2D eigenvalue weighted by molar-refractivity contribution is -0.340. The van der Waals surface area contributed by atoms with Crippen molar-refractivity contribution in [1.29, 1.82) is 0 Å². The highest BCUT2D eigenvalue weighted by Gasteiger charge is 2.56. The Morgan fingerprint density at radius 3 is 2.18 bits per heavy atom. The van der Waals surface area contributed by atoms with E-state index in [1.54, 1.807) is 48.6 Å². The molecule has 0 aromatic carbocycles. The van der Waals surface area contributed by atoms with Gasteiger partial charge in [-0.3, -0.25) is 19.3 Å². The van der Waals surface area contributed by atoms with Gasteiger partial charge in [0.1, 0.15) is 66.2 Å². The third-order valence-electron chi connectivity index (χ3n) is 10.3. The van der Waals surface area contributed by atoms with Crippen LogP contribution in [0.25, 0.3) is 0 Å². The molecule has 0 saturated carbocycles. The minimum atomic E-state index is -1.92. The molecular formula is C41H52Cl2N2O17. The van der Waals surface area contributed by atoms with E-state index in [1.165, 1.54) is 19.3 Å². The van der Waals surface area contributed by atoms with Gasteiger partial charge in [0.2, 0.25) is 5.91 Å². The number of nitrogens with two attached hydrogens (primary N) is 1. The van der Waals surface area contributed by atoms with Crippen molar-refractivity contribution in [2.45, 2.75) is 117 Å². The van der Waals surface area contributed by atoms with E-state index in [0.717, 1.165) is 17.4 Å². The summed E-state index contributed by atoms with van der Waals surface area (Å²) in [6, 6.07) is -1.65. The molecule has 21 heteroatoms. The Morgan fingerprint density at radius 1 is 0.839 bits per heavy atom. The van der Waals surface area contributed by atoms with Crippen molar-refractivity contribution in [3.8, 4) is 0 Å². The normalized spacial score (nSPS) is 39.7. The first-order valence-electron chi connectivity index (χ1n) is 19.6. The molecule has 5 fully saturated rings. The second-order valence-electron chi connectivity index (χ2n) is 14.8. The molecule has 0 spiro atoms. The number of amides is 2. The van der Waals surface area contributed by atoms with Crippen LogP contribution in [0.5, 0.6) is 0 Å². The molecule has 9 N–H and O–H groups in total. The zero-order valence-corrected chi connectivity index (χ0v) is 35.1. The van der Waals surface area contributed by atoms with E-state index in [9.17, 15) is 50.1 Å². The first-order chi connectivity index (χ1) is 29.5. The molecular weight excluding hydrogens is 863 g/mol. The maximum Gasteiger partial charge on any atom is 0.264 e. The number of primary amides is 1. The molecule has 5 aliphatic heterocycles. The standard InChI is InChI=1S/C41H52Cl2N2O17/c1-20-16-22(43)26(59-20)15-11-10-13-21(42)12-8-6-4-3-5-7-9-14-24(46)29-30(49)23(17-28(44)48)45(37(29)54)38-35(31(50)25(47)18-57-38)61-40-33(52)32(51)27(19-58-40)60-41-36(56-2)34(53)39(55)62-41/h3-15,20,22-23,25-27,31-36,38-41,46-47,50-53,55H,16-19H2,1-2H3,(H2,44,48)/b4-3+,7-5+,8-6+,13-10-,14-9+,15-11+,21-12-,29-24-/t20-,22+,23+,25-,26+,27-,31+,32+,33+,34+,35-,36+,38+,39+,40+,41-/m1/s1. The molecule has 16 atom stereocenters. The minimum Gasteiger partial charge on any atom is -0.507 e. The molecule has 0 aromatic heterocycles. The Labute approximate surface area is 366 Å². The van der Waals surface area contributed by atoms with E-state index in [-0.39, 0.29) is 17.6 Å².